The molecule has 3 aromatic rings. The van der Waals surface area contributed by atoms with Gasteiger partial charge in [-0.15, -0.1) is 5.10 Å². The molecule has 0 saturated carbocycles. The summed E-state index contributed by atoms with van der Waals surface area (Å²) in [7, 11) is -3.91. The third-order valence-corrected chi connectivity index (χ3v) is 5.29. The smallest absolute Gasteiger partial charge is 0.264 e. The highest BCUT2D eigenvalue weighted by atomic mass is 35.5. The molecule has 8 nitrogen and oxygen atoms in total. The van der Waals surface area contributed by atoms with E-state index in [1.165, 1.54) is 60.4 Å². The van der Waals surface area contributed by atoms with E-state index < -0.39 is 15.8 Å². The van der Waals surface area contributed by atoms with E-state index >= 15 is 0 Å². The van der Waals surface area contributed by atoms with Gasteiger partial charge in [-0.05, 0) is 42.0 Å². The Morgan fingerprint density at radius 3 is 2.57 bits per heavy atom. The molecule has 0 aliphatic heterocycles. The molecule has 2 aromatic carbocycles. The number of amides is 1. The molecule has 0 atom stereocenters. The summed E-state index contributed by atoms with van der Waals surface area (Å²) in [6.07, 6.45) is 1.33. The van der Waals surface area contributed by atoms with E-state index in [1.54, 1.807) is 0 Å². The normalized spacial score (nSPS) is 11.2. The van der Waals surface area contributed by atoms with Crippen molar-refractivity contribution in [1.29, 1.82) is 0 Å². The van der Waals surface area contributed by atoms with Gasteiger partial charge in [0.15, 0.2) is 0 Å². The number of benzene rings is 2. The Labute approximate surface area is 165 Å². The first-order chi connectivity index (χ1) is 13.2. The molecular formula is C17H15ClFN5O3S. The number of hydrogen-bond donors (Lipinski definition) is 2. The van der Waals surface area contributed by atoms with Crippen molar-refractivity contribution >= 4 is 39.2 Å². The van der Waals surface area contributed by atoms with Crippen molar-refractivity contribution in [1.82, 2.24) is 14.8 Å². The first-order valence-electron chi connectivity index (χ1n) is 7.97. The van der Waals surface area contributed by atoms with Crippen LogP contribution in [0.5, 0.6) is 0 Å². The summed E-state index contributed by atoms with van der Waals surface area (Å²) in [5.74, 6) is -0.834. The van der Waals surface area contributed by atoms with E-state index in [1.807, 2.05) is 0 Å². The van der Waals surface area contributed by atoms with Crippen LogP contribution in [-0.4, -0.2) is 29.1 Å². The number of halogens is 2. The highest BCUT2D eigenvalue weighted by Gasteiger charge is 2.17. The van der Waals surface area contributed by atoms with Gasteiger partial charge >= 0.3 is 0 Å². The molecule has 0 aliphatic rings. The van der Waals surface area contributed by atoms with Crippen LogP contribution in [0.25, 0.3) is 0 Å². The number of nitrogens with one attached hydrogen (secondary N) is 2. The first-order valence-corrected chi connectivity index (χ1v) is 9.83. The van der Waals surface area contributed by atoms with Gasteiger partial charge in [0.1, 0.15) is 12.1 Å². The van der Waals surface area contributed by atoms with Crippen molar-refractivity contribution < 1.29 is 17.6 Å². The summed E-state index contributed by atoms with van der Waals surface area (Å²) in [5.41, 5.74) is 1.08. The Balaban J connectivity index is 1.72. The van der Waals surface area contributed by atoms with E-state index in [9.17, 15) is 17.6 Å². The third-order valence-electron chi connectivity index (χ3n) is 3.59. The summed E-state index contributed by atoms with van der Waals surface area (Å²) < 4.78 is 41.6. The van der Waals surface area contributed by atoms with Crippen LogP contribution < -0.4 is 10.0 Å². The average molecular weight is 424 g/mol. The van der Waals surface area contributed by atoms with Gasteiger partial charge in [-0.2, -0.15) is 4.98 Å². The number of carbonyl (C=O) groups is 1. The van der Waals surface area contributed by atoms with Crippen molar-refractivity contribution in [2.45, 2.75) is 18.4 Å². The monoisotopic (exact) mass is 423 g/mol. The van der Waals surface area contributed by atoms with Crippen LogP contribution in [0.4, 0.5) is 16.0 Å². The number of sulfonamides is 1. The molecule has 0 fully saturated rings. The van der Waals surface area contributed by atoms with Crippen LogP contribution in [-0.2, 0) is 21.4 Å². The molecule has 1 heterocycles. The molecule has 11 heteroatoms. The molecule has 0 spiro atoms. The summed E-state index contributed by atoms with van der Waals surface area (Å²) in [4.78, 5) is 14.9. The van der Waals surface area contributed by atoms with Crippen LogP contribution in [0.2, 0.25) is 5.02 Å². The molecule has 0 unspecified atom stereocenters. The minimum atomic E-state index is -3.91. The number of nitrogens with zero attached hydrogens (tertiary/aromatic N) is 3. The van der Waals surface area contributed by atoms with Gasteiger partial charge in [0.05, 0.1) is 11.4 Å². The number of rotatable bonds is 6. The Morgan fingerprint density at radius 2 is 1.93 bits per heavy atom. The second kappa shape index (κ2) is 7.95. The van der Waals surface area contributed by atoms with Crippen LogP contribution in [0.15, 0.2) is 53.7 Å². The van der Waals surface area contributed by atoms with Crippen LogP contribution in [0.3, 0.4) is 0 Å². The maximum atomic E-state index is 13.1. The molecule has 0 aliphatic carbocycles. The number of hydrogen-bond acceptors (Lipinski definition) is 5. The predicted octanol–water partition coefficient (Wildman–Crippen LogP) is 2.88. The minimum absolute atomic E-state index is 0.0143. The van der Waals surface area contributed by atoms with Gasteiger partial charge in [0, 0.05) is 17.6 Å². The summed E-state index contributed by atoms with van der Waals surface area (Å²) in [5, 5.41) is 6.83. The first kappa shape index (κ1) is 19.8. The van der Waals surface area contributed by atoms with Gasteiger partial charge < -0.3 is 5.32 Å². The van der Waals surface area contributed by atoms with Gasteiger partial charge in [0.2, 0.25) is 5.91 Å². The van der Waals surface area contributed by atoms with Crippen molar-refractivity contribution in [2.24, 2.45) is 0 Å². The van der Waals surface area contributed by atoms with Crippen molar-refractivity contribution in [3.63, 3.8) is 0 Å². The number of carbonyl (C=O) groups excluding carboxylic acids is 1. The lowest BCUT2D eigenvalue weighted by molar-refractivity contribution is -0.114. The average Bonchev–Trinajstić information content (AvgIpc) is 3.03. The number of anilines is 2. The second-order valence-corrected chi connectivity index (χ2v) is 7.90. The minimum Gasteiger partial charge on any atom is -0.326 e. The zero-order valence-corrected chi connectivity index (χ0v) is 16.1. The maximum Gasteiger partial charge on any atom is 0.264 e. The fraction of sp³-hybridized carbons (Fsp3) is 0.118. The van der Waals surface area contributed by atoms with Crippen molar-refractivity contribution in [2.75, 3.05) is 10.0 Å². The Bertz CT molecular complexity index is 1120. The van der Waals surface area contributed by atoms with Gasteiger partial charge in [0.25, 0.3) is 16.0 Å². The lowest BCUT2D eigenvalue weighted by Gasteiger charge is -2.07. The summed E-state index contributed by atoms with van der Waals surface area (Å²) in [6, 6.07) is 9.61. The molecule has 2 N–H and O–H groups in total. The van der Waals surface area contributed by atoms with Crippen molar-refractivity contribution in [3.8, 4) is 0 Å². The second-order valence-electron chi connectivity index (χ2n) is 5.81. The SMILES string of the molecule is CC(=O)Nc1ccc(S(=O)(=O)Nc2ncn(Cc3ccc(F)cc3Cl)n2)cc1. The molecule has 28 heavy (non-hydrogen) atoms. The molecular weight excluding hydrogens is 409 g/mol. The zero-order valence-electron chi connectivity index (χ0n) is 14.6. The van der Waals surface area contributed by atoms with Crippen LogP contribution in [0, 0.1) is 5.82 Å². The van der Waals surface area contributed by atoms with E-state index in [0.717, 1.165) is 0 Å². The summed E-state index contributed by atoms with van der Waals surface area (Å²) >= 11 is 5.98. The van der Waals surface area contributed by atoms with Gasteiger partial charge in [-0.1, -0.05) is 17.7 Å². The predicted molar refractivity (Wildman–Crippen MR) is 102 cm³/mol. The summed E-state index contributed by atoms with van der Waals surface area (Å²) in [6.45, 7) is 1.55. The van der Waals surface area contributed by atoms with E-state index in [2.05, 4.69) is 20.1 Å². The highest BCUT2D eigenvalue weighted by Crippen LogP contribution is 2.19. The van der Waals surface area contributed by atoms with Crippen molar-refractivity contribution in [3.05, 3.63) is 65.2 Å². The Morgan fingerprint density at radius 1 is 1.21 bits per heavy atom. The fourth-order valence-corrected chi connectivity index (χ4v) is 3.51. The molecule has 146 valence electrons. The topological polar surface area (TPSA) is 106 Å². The molecule has 1 amide bonds. The Kier molecular flexibility index (Phi) is 5.61. The van der Waals surface area contributed by atoms with E-state index in [4.69, 9.17) is 11.6 Å². The number of aromatic nitrogens is 3. The zero-order chi connectivity index (χ0) is 20.3. The third kappa shape index (κ3) is 4.84. The standard InChI is InChI=1S/C17H15ClFN5O3S/c1-11(25)21-14-4-6-15(7-5-14)28(26,27)23-17-20-10-24(22-17)9-12-2-3-13(19)8-16(12)18/h2-8,10H,9H2,1H3,(H,21,25)(H,22,23). The maximum absolute atomic E-state index is 13.1. The van der Waals surface area contributed by atoms with Gasteiger partial charge in [-0.25, -0.2) is 22.2 Å². The van der Waals surface area contributed by atoms with Crippen LogP contribution >= 0.6 is 11.6 Å². The Hall–Kier alpha value is -2.98. The lowest BCUT2D eigenvalue weighted by Crippen LogP contribution is -2.14. The molecule has 3 rings (SSSR count). The molecule has 0 radical (unpaired) electrons. The quantitative estimate of drug-likeness (QED) is 0.634. The lowest BCUT2D eigenvalue weighted by atomic mass is 10.2. The highest BCUT2D eigenvalue weighted by molar-refractivity contribution is 7.92. The molecule has 0 bridgehead atoms. The largest absolute Gasteiger partial charge is 0.326 e. The van der Waals surface area contributed by atoms with E-state index in [-0.39, 0.29) is 28.3 Å². The van der Waals surface area contributed by atoms with Crippen LogP contribution in [0.1, 0.15) is 12.5 Å². The fourth-order valence-electron chi connectivity index (χ4n) is 2.34. The van der Waals surface area contributed by atoms with E-state index in [0.29, 0.717) is 11.3 Å². The van der Waals surface area contributed by atoms with Gasteiger partial charge in [-0.3, -0.25) is 4.79 Å². The molecule has 1 aromatic heterocycles. The molecule has 0 saturated heterocycles.